The zero-order valence-electron chi connectivity index (χ0n) is 27.2. The molecule has 4 amide bonds. The van der Waals surface area contributed by atoms with Gasteiger partial charge in [-0.15, -0.1) is 0 Å². The number of carbonyl (C=O) groups excluding carboxylic acids is 5. The van der Waals surface area contributed by atoms with Crippen molar-refractivity contribution in [2.24, 2.45) is 5.73 Å². The summed E-state index contributed by atoms with van der Waals surface area (Å²) in [6.45, 7) is 5.92. The summed E-state index contributed by atoms with van der Waals surface area (Å²) in [6.07, 6.45) is 3.63. The summed E-state index contributed by atoms with van der Waals surface area (Å²) in [6, 6.07) is 8.78. The van der Waals surface area contributed by atoms with Gasteiger partial charge in [0.1, 0.15) is 17.8 Å². The first-order valence-electron chi connectivity index (χ1n) is 16.1. The highest BCUT2D eigenvalue weighted by atomic mass is 31.2. The number of hydrogen-bond donors (Lipinski definition) is 5. The van der Waals surface area contributed by atoms with E-state index >= 15 is 0 Å². The van der Waals surface area contributed by atoms with Crippen molar-refractivity contribution in [3.63, 3.8) is 0 Å². The Morgan fingerprint density at radius 1 is 1.12 bits per heavy atom. The van der Waals surface area contributed by atoms with Crippen molar-refractivity contribution in [1.29, 1.82) is 0 Å². The van der Waals surface area contributed by atoms with Crippen molar-refractivity contribution in [1.82, 2.24) is 30.4 Å². The number of pyridine rings is 1. The zero-order chi connectivity index (χ0) is 34.7. The highest BCUT2D eigenvalue weighted by molar-refractivity contribution is 7.75. The van der Waals surface area contributed by atoms with Crippen LogP contribution in [0.2, 0.25) is 0 Å². The molecule has 5 atom stereocenters. The van der Waals surface area contributed by atoms with Crippen molar-refractivity contribution in [3.05, 3.63) is 65.6 Å². The van der Waals surface area contributed by atoms with Gasteiger partial charge in [-0.2, -0.15) is 0 Å². The molecule has 14 nitrogen and oxygen atoms in total. The number of H-pyrrole nitrogens is 1. The van der Waals surface area contributed by atoms with Gasteiger partial charge in [0.2, 0.25) is 23.2 Å². The minimum Gasteiger partial charge on any atom is -0.370 e. The lowest BCUT2D eigenvalue weighted by Crippen LogP contribution is -2.61. The number of amides is 4. The number of benzene rings is 1. The van der Waals surface area contributed by atoms with E-state index in [1.165, 1.54) is 18.2 Å². The molecule has 0 saturated carbocycles. The van der Waals surface area contributed by atoms with Gasteiger partial charge in [0.05, 0.1) is 11.7 Å². The third-order valence-electron chi connectivity index (χ3n) is 9.09. The molecule has 2 fully saturated rings. The van der Waals surface area contributed by atoms with E-state index in [4.69, 9.17) is 5.73 Å². The molecule has 0 bridgehead atoms. The van der Waals surface area contributed by atoms with E-state index < -0.39 is 42.8 Å². The van der Waals surface area contributed by atoms with Crippen LogP contribution in [0.25, 0.3) is 10.9 Å². The number of fused-ring (bicyclic) bond motifs is 2. The van der Waals surface area contributed by atoms with Crippen molar-refractivity contribution in [2.75, 3.05) is 19.8 Å². The highest BCUT2D eigenvalue weighted by Gasteiger charge is 2.45. The average molecular weight is 680 g/mol. The third kappa shape index (κ3) is 7.83. The molecule has 5 rings (SSSR count). The van der Waals surface area contributed by atoms with Gasteiger partial charge < -0.3 is 31.1 Å². The van der Waals surface area contributed by atoms with Crippen LogP contribution in [-0.2, 0) is 18.9 Å². The van der Waals surface area contributed by atoms with Gasteiger partial charge in [0.15, 0.2) is 0 Å². The Labute approximate surface area is 278 Å². The monoisotopic (exact) mass is 679 g/mol. The van der Waals surface area contributed by atoms with Crippen LogP contribution in [0.4, 0.5) is 0 Å². The summed E-state index contributed by atoms with van der Waals surface area (Å²) in [5, 5.41) is 6.37. The Balaban J connectivity index is 1.38. The van der Waals surface area contributed by atoms with Crippen LogP contribution >= 0.6 is 7.37 Å². The molecule has 2 aliphatic rings. The third-order valence-corrected chi connectivity index (χ3v) is 10.1. The lowest BCUT2D eigenvalue weighted by atomic mass is 10.0. The number of aromatic nitrogens is 2. The first kappa shape index (κ1) is 34.9. The van der Waals surface area contributed by atoms with Crippen molar-refractivity contribution in [2.45, 2.75) is 76.2 Å². The highest BCUT2D eigenvalue weighted by Crippen LogP contribution is 2.40. The second kappa shape index (κ2) is 14.4. The lowest BCUT2D eigenvalue weighted by molar-refractivity contribution is -0.143. The Bertz CT molecular complexity index is 1760. The van der Waals surface area contributed by atoms with Gasteiger partial charge >= 0.3 is 0 Å². The predicted octanol–water partition coefficient (Wildman–Crippen LogP) is 2.30. The smallest absolute Gasteiger partial charge is 0.268 e. The average Bonchev–Trinajstić information content (AvgIpc) is 3.66. The molecule has 0 spiro atoms. The fraction of sp³-hybridized carbons (Fsp3) is 0.455. The summed E-state index contributed by atoms with van der Waals surface area (Å²) in [5.74, 6) is -1.78. The second-order valence-electron chi connectivity index (χ2n) is 12.9. The quantitative estimate of drug-likeness (QED) is 0.188. The predicted molar refractivity (Wildman–Crippen MR) is 178 cm³/mol. The normalized spacial score (nSPS) is 22.0. The van der Waals surface area contributed by atoms with E-state index in [2.05, 4.69) is 25.5 Å². The van der Waals surface area contributed by atoms with E-state index in [1.807, 2.05) is 13.8 Å². The molecule has 0 aliphatic carbocycles. The first-order chi connectivity index (χ1) is 22.7. The van der Waals surface area contributed by atoms with Crippen LogP contribution in [0.15, 0.2) is 48.7 Å². The van der Waals surface area contributed by atoms with E-state index in [1.54, 1.807) is 35.4 Å². The van der Waals surface area contributed by atoms with Gasteiger partial charge in [-0.05, 0) is 75.9 Å². The molecule has 1 aromatic carbocycles. The molecule has 0 radical (unpaired) electrons. The Morgan fingerprint density at radius 2 is 1.90 bits per heavy atom. The first-order valence-corrected chi connectivity index (χ1v) is 18.2. The van der Waals surface area contributed by atoms with Crippen molar-refractivity contribution in [3.8, 4) is 0 Å². The van der Waals surface area contributed by atoms with Crippen LogP contribution in [0.3, 0.4) is 0 Å². The fourth-order valence-electron chi connectivity index (χ4n) is 6.53. The maximum atomic E-state index is 14.3. The number of rotatable bonds is 11. The number of primary amides is 1. The van der Waals surface area contributed by atoms with Crippen LogP contribution < -0.4 is 16.4 Å². The summed E-state index contributed by atoms with van der Waals surface area (Å²) >= 11 is 0. The van der Waals surface area contributed by atoms with Gasteiger partial charge in [0.25, 0.3) is 13.3 Å². The molecule has 3 aromatic rings. The molecule has 1 unspecified atom stereocenters. The van der Waals surface area contributed by atoms with Crippen molar-refractivity contribution >= 4 is 47.4 Å². The van der Waals surface area contributed by atoms with E-state index in [-0.39, 0.29) is 54.5 Å². The molecular formula is C33H42N7O7P. The molecule has 4 heterocycles. The SMILES string of the molecule is CC(C)N1CC[C@H]2CC[C@@H](C(=O)N[C@@H](CCC(N)=O)c3ccccn3)N2C(=O)[C@@H](NC(=O)c2cc3cc(C(=O)P(C)(=O)O)ccc3[nH]2)C1. The van der Waals surface area contributed by atoms with E-state index in [9.17, 15) is 33.4 Å². The van der Waals surface area contributed by atoms with E-state index in [0.29, 0.717) is 42.4 Å². The van der Waals surface area contributed by atoms with Crippen LogP contribution in [0.5, 0.6) is 0 Å². The Kier molecular flexibility index (Phi) is 10.5. The molecule has 2 aromatic heterocycles. The number of aromatic amines is 1. The summed E-state index contributed by atoms with van der Waals surface area (Å²) in [4.78, 5) is 86.5. The number of hydrogen-bond acceptors (Lipinski definition) is 8. The summed E-state index contributed by atoms with van der Waals surface area (Å²) in [5.41, 5.74) is 5.81. The lowest BCUT2D eigenvalue weighted by Gasteiger charge is -2.40. The zero-order valence-corrected chi connectivity index (χ0v) is 28.1. The topological polar surface area (TPSA) is 208 Å². The van der Waals surface area contributed by atoms with Crippen molar-refractivity contribution < 1.29 is 33.4 Å². The number of nitrogens with one attached hydrogen (secondary N) is 3. The molecule has 256 valence electrons. The van der Waals surface area contributed by atoms with Gasteiger partial charge in [-0.25, -0.2) is 0 Å². The van der Waals surface area contributed by atoms with E-state index in [0.717, 1.165) is 6.66 Å². The molecule has 6 N–H and O–H groups in total. The van der Waals surface area contributed by atoms with Crippen LogP contribution in [0.1, 0.15) is 78.5 Å². The van der Waals surface area contributed by atoms with Crippen LogP contribution in [-0.4, -0.2) is 97.7 Å². The minimum absolute atomic E-state index is 0.0445. The summed E-state index contributed by atoms with van der Waals surface area (Å²) < 4.78 is 11.9. The summed E-state index contributed by atoms with van der Waals surface area (Å²) in [7, 11) is -4.00. The molecule has 48 heavy (non-hydrogen) atoms. The largest absolute Gasteiger partial charge is 0.370 e. The second-order valence-corrected chi connectivity index (χ2v) is 15.1. The van der Waals surface area contributed by atoms with Gasteiger partial charge in [-0.1, -0.05) is 6.07 Å². The minimum atomic E-state index is -4.00. The number of nitrogens with zero attached hydrogens (tertiary/aromatic N) is 3. The molecule has 2 saturated heterocycles. The standard InChI is InChI=1S/C33H42N7O7P/c1-19(2)39-15-13-22-8-11-28(31(43)37-25(10-12-29(34)41)24-6-4-5-14-35-24)40(22)32(44)27(18-39)38-30(42)26-17-21-16-20(7-9-23(21)36-26)33(45)48(3,46)47/h4-7,9,14,16-17,19,22,25,27-28,36H,8,10-13,15,18H2,1-3H3,(H2,34,41)(H,37,43)(H,38,42)(H,46,47)/t22-,25+,27+,28+/m1/s1. The van der Waals surface area contributed by atoms with Gasteiger partial charge in [0, 0.05) is 60.9 Å². The number of nitrogens with two attached hydrogens (primary N) is 1. The molecular weight excluding hydrogens is 637 g/mol. The molecule has 15 heteroatoms. The Morgan fingerprint density at radius 3 is 2.56 bits per heavy atom. The molecule has 2 aliphatic heterocycles. The number of carbonyl (C=O) groups is 5. The maximum Gasteiger partial charge on any atom is 0.268 e. The fourth-order valence-corrected chi connectivity index (χ4v) is 7.14. The van der Waals surface area contributed by atoms with Crippen LogP contribution in [0, 0.1) is 0 Å². The maximum absolute atomic E-state index is 14.3. The van der Waals surface area contributed by atoms with Gasteiger partial charge in [-0.3, -0.25) is 38.4 Å². The Hall–Kier alpha value is -4.39.